The van der Waals surface area contributed by atoms with E-state index in [1.807, 2.05) is 24.3 Å². The van der Waals surface area contributed by atoms with Gasteiger partial charge in [0, 0.05) is 18.7 Å². The monoisotopic (exact) mass is 481 g/mol. The molecule has 0 saturated heterocycles. The van der Waals surface area contributed by atoms with Crippen LogP contribution in [-0.2, 0) is 16.0 Å². The Morgan fingerprint density at radius 1 is 1.09 bits per heavy atom. The van der Waals surface area contributed by atoms with Gasteiger partial charge in [-0.3, -0.25) is 19.3 Å². The van der Waals surface area contributed by atoms with Gasteiger partial charge in [-0.2, -0.15) is 0 Å². The van der Waals surface area contributed by atoms with E-state index in [4.69, 9.17) is 9.47 Å². The number of Topliss-reactive ketones (excluding diaryl/α,β-unsaturated/α-hetero) is 1. The Morgan fingerprint density at radius 3 is 2.51 bits per heavy atom. The van der Waals surface area contributed by atoms with Gasteiger partial charge in [0.15, 0.2) is 19.0 Å². The predicted octanol–water partition coefficient (Wildman–Crippen LogP) is 3.08. The molecular weight excluding hydrogens is 446 g/mol. The van der Waals surface area contributed by atoms with Crippen molar-refractivity contribution in [1.29, 1.82) is 0 Å². The Labute approximate surface area is 207 Å². The van der Waals surface area contributed by atoms with Gasteiger partial charge in [-0.25, -0.2) is 0 Å². The molecule has 1 N–H and O–H groups in total. The lowest BCUT2D eigenvalue weighted by Crippen LogP contribution is -2.46. The highest BCUT2D eigenvalue weighted by molar-refractivity contribution is 6.04. The second kappa shape index (κ2) is 12.9. The molecule has 2 aromatic rings. The number of anilines is 1. The standard InChI is InChI=1S/C27H35N3O5/c1-4-7-20-8-11-22(12-9-20)34-18-24(31)21-10-13-25-23(16-21)30(27(33)19-35-25)17-26(32)28-14-15-29(5-2)6-3/h8-13,16H,4-7,14-15,17-19H2,1-3H3,(H,28,32). The molecule has 0 aliphatic carbocycles. The van der Waals surface area contributed by atoms with Crippen molar-refractivity contribution in [3.8, 4) is 11.5 Å². The molecule has 2 amide bonds. The number of benzene rings is 2. The highest BCUT2D eigenvalue weighted by atomic mass is 16.5. The molecule has 0 atom stereocenters. The Hall–Kier alpha value is -3.39. The molecule has 35 heavy (non-hydrogen) atoms. The molecule has 1 heterocycles. The van der Waals surface area contributed by atoms with Gasteiger partial charge in [0.05, 0.1) is 5.69 Å². The van der Waals surface area contributed by atoms with E-state index in [1.165, 1.54) is 10.5 Å². The molecule has 0 bridgehead atoms. The van der Waals surface area contributed by atoms with Crippen molar-refractivity contribution in [1.82, 2.24) is 10.2 Å². The lowest BCUT2D eigenvalue weighted by Gasteiger charge is -2.29. The minimum Gasteiger partial charge on any atom is -0.485 e. The normalized spacial score (nSPS) is 12.8. The Balaban J connectivity index is 1.63. The first-order valence-corrected chi connectivity index (χ1v) is 12.3. The van der Waals surface area contributed by atoms with Gasteiger partial charge >= 0.3 is 0 Å². The van der Waals surface area contributed by atoms with Crippen molar-refractivity contribution >= 4 is 23.3 Å². The van der Waals surface area contributed by atoms with Crippen LogP contribution in [0.3, 0.4) is 0 Å². The molecule has 1 aliphatic heterocycles. The molecular formula is C27H35N3O5. The lowest BCUT2D eigenvalue weighted by molar-refractivity contribution is -0.125. The van der Waals surface area contributed by atoms with Crippen molar-refractivity contribution in [3.63, 3.8) is 0 Å². The molecule has 0 aromatic heterocycles. The summed E-state index contributed by atoms with van der Waals surface area (Å²) >= 11 is 0. The summed E-state index contributed by atoms with van der Waals surface area (Å²) in [5.41, 5.74) is 2.02. The molecule has 3 rings (SSSR count). The van der Waals surface area contributed by atoms with Crippen LogP contribution in [0.4, 0.5) is 5.69 Å². The Kier molecular flexibility index (Phi) is 9.66. The number of carbonyl (C=O) groups excluding carboxylic acids is 3. The summed E-state index contributed by atoms with van der Waals surface area (Å²) in [6.45, 7) is 8.92. The van der Waals surface area contributed by atoms with E-state index in [0.29, 0.717) is 29.3 Å². The lowest BCUT2D eigenvalue weighted by atomic mass is 10.1. The topological polar surface area (TPSA) is 88.2 Å². The second-order valence-electron chi connectivity index (χ2n) is 8.43. The summed E-state index contributed by atoms with van der Waals surface area (Å²) in [6, 6.07) is 12.6. The number of ketones is 1. The molecule has 0 saturated carbocycles. The molecule has 0 spiro atoms. The summed E-state index contributed by atoms with van der Waals surface area (Å²) in [7, 11) is 0. The first-order chi connectivity index (χ1) is 16.9. The van der Waals surface area contributed by atoms with Gasteiger partial charge in [-0.05, 0) is 55.4 Å². The maximum atomic E-state index is 12.8. The molecule has 0 fully saturated rings. The number of rotatable bonds is 13. The van der Waals surface area contributed by atoms with Crippen LogP contribution in [0, 0.1) is 0 Å². The molecule has 8 nitrogen and oxygen atoms in total. The second-order valence-corrected chi connectivity index (χ2v) is 8.43. The fourth-order valence-corrected chi connectivity index (χ4v) is 3.91. The van der Waals surface area contributed by atoms with E-state index in [1.54, 1.807) is 18.2 Å². The van der Waals surface area contributed by atoms with E-state index in [0.717, 1.165) is 32.5 Å². The van der Waals surface area contributed by atoms with Gasteiger partial charge in [0.1, 0.15) is 18.0 Å². The number of nitrogens with zero attached hydrogens (tertiary/aromatic N) is 2. The molecule has 0 unspecified atom stereocenters. The molecule has 8 heteroatoms. The van der Waals surface area contributed by atoms with Crippen molar-refractivity contribution in [2.75, 3.05) is 50.8 Å². The van der Waals surface area contributed by atoms with E-state index < -0.39 is 0 Å². The third-order valence-electron chi connectivity index (χ3n) is 6.00. The smallest absolute Gasteiger partial charge is 0.265 e. The van der Waals surface area contributed by atoms with E-state index in [9.17, 15) is 14.4 Å². The maximum absolute atomic E-state index is 12.8. The number of hydrogen-bond donors (Lipinski definition) is 1. The van der Waals surface area contributed by atoms with Crippen LogP contribution in [0.15, 0.2) is 42.5 Å². The first-order valence-electron chi connectivity index (χ1n) is 12.3. The van der Waals surface area contributed by atoms with Gasteiger partial charge in [0.25, 0.3) is 5.91 Å². The van der Waals surface area contributed by atoms with Crippen molar-refractivity contribution in [2.45, 2.75) is 33.6 Å². The zero-order valence-electron chi connectivity index (χ0n) is 20.8. The fourth-order valence-electron chi connectivity index (χ4n) is 3.91. The third-order valence-corrected chi connectivity index (χ3v) is 6.00. The minimum atomic E-state index is -0.329. The van der Waals surface area contributed by atoms with E-state index in [2.05, 4.69) is 31.0 Å². The quantitative estimate of drug-likeness (QED) is 0.443. The van der Waals surface area contributed by atoms with Gasteiger partial charge in [0.2, 0.25) is 5.91 Å². The number of ether oxygens (including phenoxy) is 2. The SMILES string of the molecule is CCCc1ccc(OCC(=O)c2ccc3c(c2)N(CC(=O)NCCN(CC)CC)C(=O)CO3)cc1. The number of carbonyl (C=O) groups is 3. The van der Waals surface area contributed by atoms with Gasteiger partial charge < -0.3 is 19.7 Å². The van der Waals surface area contributed by atoms with Crippen LogP contribution in [0.5, 0.6) is 11.5 Å². The first kappa shape index (κ1) is 26.2. The zero-order chi connectivity index (χ0) is 25.2. The fraction of sp³-hybridized carbons (Fsp3) is 0.444. The number of fused-ring (bicyclic) bond motifs is 1. The predicted molar refractivity (Wildman–Crippen MR) is 135 cm³/mol. The van der Waals surface area contributed by atoms with Crippen LogP contribution in [0.2, 0.25) is 0 Å². The van der Waals surface area contributed by atoms with Gasteiger partial charge in [-0.15, -0.1) is 0 Å². The summed E-state index contributed by atoms with van der Waals surface area (Å²) in [6.07, 6.45) is 2.07. The average molecular weight is 482 g/mol. The molecule has 188 valence electrons. The molecule has 2 aromatic carbocycles. The highest BCUT2D eigenvalue weighted by Gasteiger charge is 2.28. The summed E-state index contributed by atoms with van der Waals surface area (Å²) in [4.78, 5) is 41.4. The molecule has 0 radical (unpaired) electrons. The summed E-state index contributed by atoms with van der Waals surface area (Å²) < 4.78 is 11.2. The highest BCUT2D eigenvalue weighted by Crippen LogP contribution is 2.33. The Bertz CT molecular complexity index is 1020. The van der Waals surface area contributed by atoms with Crippen LogP contribution < -0.4 is 19.7 Å². The summed E-state index contributed by atoms with van der Waals surface area (Å²) in [5.74, 6) is 0.267. The number of amides is 2. The van der Waals surface area contributed by atoms with Crippen LogP contribution in [0.25, 0.3) is 0 Å². The largest absolute Gasteiger partial charge is 0.485 e. The molecule has 1 aliphatic rings. The van der Waals surface area contributed by atoms with Crippen LogP contribution in [-0.4, -0.2) is 68.4 Å². The Morgan fingerprint density at radius 2 is 1.83 bits per heavy atom. The average Bonchev–Trinajstić information content (AvgIpc) is 2.87. The zero-order valence-corrected chi connectivity index (χ0v) is 20.8. The third kappa shape index (κ3) is 7.29. The minimum absolute atomic E-state index is 0.132. The van der Waals surface area contributed by atoms with E-state index >= 15 is 0 Å². The van der Waals surface area contributed by atoms with Crippen LogP contribution in [0.1, 0.15) is 43.1 Å². The van der Waals surface area contributed by atoms with Crippen molar-refractivity contribution < 1.29 is 23.9 Å². The van der Waals surface area contributed by atoms with Crippen LogP contribution >= 0.6 is 0 Å². The summed E-state index contributed by atoms with van der Waals surface area (Å²) in [5, 5.41) is 2.87. The van der Waals surface area contributed by atoms with Gasteiger partial charge in [-0.1, -0.05) is 39.3 Å². The van der Waals surface area contributed by atoms with Crippen molar-refractivity contribution in [3.05, 3.63) is 53.6 Å². The number of likely N-dealkylation sites (N-methyl/N-ethyl adjacent to an activating group) is 1. The number of nitrogens with one attached hydrogen (secondary N) is 1. The maximum Gasteiger partial charge on any atom is 0.265 e. The van der Waals surface area contributed by atoms with Crippen molar-refractivity contribution in [2.24, 2.45) is 0 Å². The number of hydrogen-bond acceptors (Lipinski definition) is 6. The van der Waals surface area contributed by atoms with E-state index in [-0.39, 0.29) is 37.4 Å². The number of aryl methyl sites for hydroxylation is 1.